The summed E-state index contributed by atoms with van der Waals surface area (Å²) in [7, 11) is 0. The third-order valence-corrected chi connectivity index (χ3v) is 6.53. The molecule has 0 radical (unpaired) electrons. The summed E-state index contributed by atoms with van der Waals surface area (Å²) in [5, 5.41) is 11.3. The van der Waals surface area contributed by atoms with Gasteiger partial charge in [0.05, 0.1) is 27.8 Å². The molecule has 0 aliphatic heterocycles. The number of esters is 1. The Balaban J connectivity index is 1.75. The number of carbonyl (C=O) groups excluding carboxylic acids is 2. The van der Waals surface area contributed by atoms with Gasteiger partial charge in [0.1, 0.15) is 5.76 Å². The topological polar surface area (TPSA) is 122 Å². The first-order valence-corrected chi connectivity index (χ1v) is 10.9. The van der Waals surface area contributed by atoms with Crippen LogP contribution >= 0.6 is 11.6 Å². The average molecular weight is 485 g/mol. The Hall–Kier alpha value is -3.72. The zero-order valence-corrected chi connectivity index (χ0v) is 19.4. The number of hydrogen-bond donors (Lipinski definition) is 0. The molecule has 3 aromatic rings. The highest BCUT2D eigenvalue weighted by atomic mass is 35.5. The molecule has 0 saturated heterocycles. The van der Waals surface area contributed by atoms with Crippen molar-refractivity contribution in [3.8, 4) is 5.69 Å². The fraction of sp³-hybridized carbons (Fsp3) is 0.292. The number of Topliss-reactive ketones (excluding diaryl/α,β-unsaturated/α-hetero) is 1. The van der Waals surface area contributed by atoms with Gasteiger partial charge in [-0.1, -0.05) is 31.5 Å². The van der Waals surface area contributed by atoms with Crippen LogP contribution in [0.4, 0.5) is 5.69 Å². The van der Waals surface area contributed by atoms with Gasteiger partial charge >= 0.3 is 11.7 Å². The van der Waals surface area contributed by atoms with Crippen molar-refractivity contribution in [1.82, 2.24) is 4.57 Å². The maximum Gasteiger partial charge on any atom is 0.424 e. The number of ketones is 1. The number of rotatable bonds is 5. The van der Waals surface area contributed by atoms with Crippen LogP contribution in [0.1, 0.15) is 60.8 Å². The minimum atomic E-state index is -1.58. The molecule has 3 atom stereocenters. The lowest BCUT2D eigenvalue weighted by Crippen LogP contribution is -2.50. The van der Waals surface area contributed by atoms with Crippen LogP contribution in [-0.2, 0) is 9.53 Å². The SMILES string of the molecule is CC(=O)[C@]1(OC(=O)c2ccc([N+](=O)[O-])cc2)C[C@H](C)c2c(oc(=O)n2-c2cccc(Cl)c2)[C@H]1C. The lowest BCUT2D eigenvalue weighted by molar-refractivity contribution is -0.384. The van der Waals surface area contributed by atoms with Crippen LogP contribution in [0, 0.1) is 10.1 Å². The molecule has 2 aromatic carbocycles. The standard InChI is InChI=1S/C24H21ClN2O7/c1-13-12-24(15(3)28,34-22(29)16-7-9-18(10-8-16)27(31)32)14(2)21-20(13)26(23(30)33-21)19-6-4-5-17(25)11-19/h4-11,13-14H,12H2,1-3H3/t13-,14+,24-/m0/s1. The number of nitro groups is 1. The van der Waals surface area contributed by atoms with Gasteiger partial charge in [-0.3, -0.25) is 14.9 Å². The normalized spacial score (nSPS) is 21.5. The van der Waals surface area contributed by atoms with E-state index in [9.17, 15) is 24.5 Å². The summed E-state index contributed by atoms with van der Waals surface area (Å²) in [4.78, 5) is 49.0. The van der Waals surface area contributed by atoms with Crippen LogP contribution in [0.25, 0.3) is 5.69 Å². The van der Waals surface area contributed by atoms with Crippen LogP contribution in [0.3, 0.4) is 0 Å². The van der Waals surface area contributed by atoms with Crippen molar-refractivity contribution < 1.29 is 23.7 Å². The summed E-state index contributed by atoms with van der Waals surface area (Å²) in [6.45, 7) is 4.81. The number of hydrogen-bond acceptors (Lipinski definition) is 7. The predicted molar refractivity (Wildman–Crippen MR) is 123 cm³/mol. The summed E-state index contributed by atoms with van der Waals surface area (Å²) >= 11 is 6.11. The Morgan fingerprint density at radius 2 is 1.88 bits per heavy atom. The Kier molecular flexibility index (Phi) is 5.91. The van der Waals surface area contributed by atoms with Gasteiger partial charge in [0.2, 0.25) is 0 Å². The summed E-state index contributed by atoms with van der Waals surface area (Å²) in [5.74, 6) is -2.71. The molecule has 0 unspecified atom stereocenters. The van der Waals surface area contributed by atoms with Crippen molar-refractivity contribution >= 4 is 29.0 Å². The summed E-state index contributed by atoms with van der Waals surface area (Å²) in [5.41, 5.74) is -0.578. The molecule has 10 heteroatoms. The highest BCUT2D eigenvalue weighted by molar-refractivity contribution is 6.30. The smallest absolute Gasteiger partial charge is 0.424 e. The quantitative estimate of drug-likeness (QED) is 0.290. The van der Waals surface area contributed by atoms with E-state index < -0.39 is 34.0 Å². The number of carbonyl (C=O) groups is 2. The summed E-state index contributed by atoms with van der Waals surface area (Å²) in [6, 6.07) is 11.7. The molecule has 0 N–H and O–H groups in total. The number of fused-ring (bicyclic) bond motifs is 1. The van der Waals surface area contributed by atoms with E-state index in [2.05, 4.69) is 0 Å². The predicted octanol–water partition coefficient (Wildman–Crippen LogP) is 4.79. The van der Waals surface area contributed by atoms with Crippen molar-refractivity contribution in [2.45, 2.75) is 44.6 Å². The van der Waals surface area contributed by atoms with Gasteiger partial charge in [-0.05, 0) is 37.3 Å². The molecule has 1 aromatic heterocycles. The van der Waals surface area contributed by atoms with Crippen molar-refractivity contribution in [3.63, 3.8) is 0 Å². The molecular weight excluding hydrogens is 464 g/mol. The molecule has 9 nitrogen and oxygen atoms in total. The zero-order chi connectivity index (χ0) is 24.8. The van der Waals surface area contributed by atoms with Crippen LogP contribution < -0.4 is 5.76 Å². The number of benzene rings is 2. The molecule has 1 heterocycles. The van der Waals surface area contributed by atoms with E-state index in [1.807, 2.05) is 6.92 Å². The van der Waals surface area contributed by atoms with Crippen molar-refractivity contribution in [2.75, 3.05) is 0 Å². The average Bonchev–Trinajstić information content (AvgIpc) is 3.14. The summed E-state index contributed by atoms with van der Waals surface area (Å²) in [6.07, 6.45) is 0.120. The molecule has 0 fully saturated rings. The largest absolute Gasteiger partial charge is 0.447 e. The molecule has 0 saturated carbocycles. The molecule has 0 amide bonds. The van der Waals surface area contributed by atoms with Gasteiger partial charge < -0.3 is 9.15 Å². The first-order valence-electron chi connectivity index (χ1n) is 10.6. The number of non-ortho nitro benzene ring substituents is 1. The fourth-order valence-electron chi connectivity index (χ4n) is 4.57. The lowest BCUT2D eigenvalue weighted by atomic mass is 9.70. The molecule has 1 aliphatic rings. The number of aromatic nitrogens is 1. The number of nitro benzene ring substituents is 1. The van der Waals surface area contributed by atoms with Gasteiger partial charge in [-0.15, -0.1) is 0 Å². The van der Waals surface area contributed by atoms with E-state index in [0.717, 1.165) is 0 Å². The van der Waals surface area contributed by atoms with Crippen LogP contribution in [0.15, 0.2) is 57.7 Å². The molecule has 0 spiro atoms. The minimum absolute atomic E-state index is 0.0647. The van der Waals surface area contributed by atoms with Crippen molar-refractivity contribution in [2.24, 2.45) is 0 Å². The first kappa shape index (κ1) is 23.4. The van der Waals surface area contributed by atoms with E-state index >= 15 is 0 Å². The maximum absolute atomic E-state index is 12.9. The molecule has 176 valence electrons. The maximum atomic E-state index is 12.9. The Bertz CT molecular complexity index is 1360. The van der Waals surface area contributed by atoms with Gasteiger partial charge in [0.25, 0.3) is 5.69 Å². The first-order chi connectivity index (χ1) is 16.0. The number of nitrogens with zero attached hydrogens (tertiary/aromatic N) is 2. The van der Waals surface area contributed by atoms with Gasteiger partial charge in [0, 0.05) is 29.5 Å². The van der Waals surface area contributed by atoms with Crippen LogP contribution in [0.2, 0.25) is 5.02 Å². The molecule has 34 heavy (non-hydrogen) atoms. The molecule has 1 aliphatic carbocycles. The summed E-state index contributed by atoms with van der Waals surface area (Å²) < 4.78 is 12.8. The second kappa shape index (κ2) is 8.57. The lowest BCUT2D eigenvalue weighted by Gasteiger charge is -2.41. The molecular formula is C24H21ClN2O7. The fourth-order valence-corrected chi connectivity index (χ4v) is 4.75. The minimum Gasteiger partial charge on any atom is -0.447 e. The molecule has 0 bridgehead atoms. The Morgan fingerprint density at radius 3 is 2.47 bits per heavy atom. The van der Waals surface area contributed by atoms with Gasteiger partial charge in [0.15, 0.2) is 11.4 Å². The number of ether oxygens (including phenoxy) is 1. The van der Waals surface area contributed by atoms with E-state index in [-0.39, 0.29) is 29.3 Å². The number of oxazole rings is 1. The van der Waals surface area contributed by atoms with E-state index in [4.69, 9.17) is 20.8 Å². The number of halogens is 1. The van der Waals surface area contributed by atoms with Gasteiger partial charge in [-0.2, -0.15) is 0 Å². The van der Waals surface area contributed by atoms with Gasteiger partial charge in [-0.25, -0.2) is 14.2 Å². The highest BCUT2D eigenvalue weighted by Gasteiger charge is 2.53. The van der Waals surface area contributed by atoms with Crippen molar-refractivity contribution in [1.29, 1.82) is 0 Å². The monoisotopic (exact) mass is 484 g/mol. The highest BCUT2D eigenvalue weighted by Crippen LogP contribution is 2.48. The van der Waals surface area contributed by atoms with Crippen LogP contribution in [-0.4, -0.2) is 26.8 Å². The second-order valence-electron chi connectivity index (χ2n) is 8.40. The van der Waals surface area contributed by atoms with E-state index in [0.29, 0.717) is 16.4 Å². The van der Waals surface area contributed by atoms with E-state index in [1.54, 1.807) is 31.2 Å². The Morgan fingerprint density at radius 1 is 1.21 bits per heavy atom. The van der Waals surface area contributed by atoms with Crippen LogP contribution in [0.5, 0.6) is 0 Å². The Labute approximate surface area is 199 Å². The third-order valence-electron chi connectivity index (χ3n) is 6.29. The zero-order valence-electron chi connectivity index (χ0n) is 18.6. The van der Waals surface area contributed by atoms with Crippen molar-refractivity contribution in [3.05, 3.63) is 91.2 Å². The molecule has 4 rings (SSSR count). The third kappa shape index (κ3) is 3.81. The van der Waals surface area contributed by atoms with E-state index in [1.165, 1.54) is 35.8 Å². The second-order valence-corrected chi connectivity index (χ2v) is 8.84.